The lowest BCUT2D eigenvalue weighted by molar-refractivity contribution is -0.0762. The van der Waals surface area contributed by atoms with Gasteiger partial charge in [0.1, 0.15) is 0 Å². The quantitative estimate of drug-likeness (QED) is 0.677. The molecule has 4 bridgehead atoms. The van der Waals surface area contributed by atoms with Gasteiger partial charge >= 0.3 is 0 Å². The molecule has 5 fully saturated rings. The Morgan fingerprint density at radius 1 is 0.700 bits per heavy atom. The molecule has 5 rings (SSSR count). The van der Waals surface area contributed by atoms with Crippen molar-refractivity contribution in [3.63, 3.8) is 0 Å². The molecular weight excluding hydrogens is 242 g/mol. The van der Waals surface area contributed by atoms with Crippen molar-refractivity contribution in [2.24, 2.45) is 35.5 Å². The van der Waals surface area contributed by atoms with Crippen molar-refractivity contribution >= 4 is 0 Å². The highest BCUT2D eigenvalue weighted by Crippen LogP contribution is 2.59. The molecule has 5 aliphatic rings. The average molecular weight is 275 g/mol. The molecule has 4 saturated carbocycles. The van der Waals surface area contributed by atoms with Crippen molar-refractivity contribution in [1.82, 2.24) is 4.90 Å². The van der Waals surface area contributed by atoms with Crippen molar-refractivity contribution in [2.45, 2.75) is 71.3 Å². The zero-order chi connectivity index (χ0) is 13.9. The summed E-state index contributed by atoms with van der Waals surface area (Å²) in [5.41, 5.74) is 0.384. The molecule has 0 aromatic rings. The summed E-state index contributed by atoms with van der Waals surface area (Å²) in [4.78, 5) is 2.72. The molecule has 4 aliphatic carbocycles. The normalized spacial score (nSPS) is 46.0. The van der Waals surface area contributed by atoms with E-state index in [2.05, 4.69) is 25.7 Å². The summed E-state index contributed by atoms with van der Waals surface area (Å²) in [6.07, 6.45) is 11.0. The lowest BCUT2D eigenvalue weighted by atomic mass is 9.49. The van der Waals surface area contributed by atoms with Crippen LogP contribution in [0.25, 0.3) is 0 Å². The molecule has 1 heteroatoms. The molecule has 1 aliphatic heterocycles. The first-order valence-corrected chi connectivity index (χ1v) is 9.26. The second kappa shape index (κ2) is 4.73. The number of likely N-dealkylation sites (tertiary alicyclic amines) is 1. The first-order valence-electron chi connectivity index (χ1n) is 9.26. The Bertz CT molecular complexity index is 330. The average Bonchev–Trinajstić information content (AvgIpc) is 2.37. The van der Waals surface area contributed by atoms with Gasteiger partial charge in [-0.3, -0.25) is 4.90 Å². The van der Waals surface area contributed by atoms with E-state index in [0.29, 0.717) is 5.54 Å². The highest BCUT2D eigenvalue weighted by atomic mass is 15.2. The fourth-order valence-corrected chi connectivity index (χ4v) is 6.69. The van der Waals surface area contributed by atoms with Crippen molar-refractivity contribution in [3.8, 4) is 0 Å². The van der Waals surface area contributed by atoms with Gasteiger partial charge in [-0.25, -0.2) is 0 Å². The maximum absolute atomic E-state index is 2.72. The van der Waals surface area contributed by atoms with Crippen LogP contribution in [0.2, 0.25) is 0 Å². The Labute approximate surface area is 125 Å². The van der Waals surface area contributed by atoms with Gasteiger partial charge in [-0.05, 0) is 114 Å². The second-order valence-electron chi connectivity index (χ2n) is 9.50. The Morgan fingerprint density at radius 2 is 1.20 bits per heavy atom. The van der Waals surface area contributed by atoms with Crippen LogP contribution in [0, 0.1) is 35.5 Å². The van der Waals surface area contributed by atoms with Gasteiger partial charge in [0, 0.05) is 5.54 Å². The van der Waals surface area contributed by atoms with E-state index in [9.17, 15) is 0 Å². The Hall–Kier alpha value is -0.0400. The van der Waals surface area contributed by atoms with E-state index in [1.807, 2.05) is 0 Å². The molecule has 0 aromatic heterocycles. The van der Waals surface area contributed by atoms with Gasteiger partial charge < -0.3 is 0 Å². The van der Waals surface area contributed by atoms with Gasteiger partial charge in [-0.15, -0.1) is 0 Å². The second-order valence-corrected chi connectivity index (χ2v) is 9.50. The number of hydrogen-bond donors (Lipinski definition) is 0. The van der Waals surface area contributed by atoms with Crippen LogP contribution in [0.15, 0.2) is 0 Å². The third-order valence-electron chi connectivity index (χ3n) is 7.33. The molecule has 114 valence electrons. The summed E-state index contributed by atoms with van der Waals surface area (Å²) >= 11 is 0. The van der Waals surface area contributed by atoms with E-state index in [1.165, 1.54) is 25.9 Å². The van der Waals surface area contributed by atoms with E-state index in [4.69, 9.17) is 0 Å². The van der Waals surface area contributed by atoms with Crippen LogP contribution in [0.3, 0.4) is 0 Å². The lowest BCUT2D eigenvalue weighted by Gasteiger charge is -2.57. The Balaban J connectivity index is 1.42. The zero-order valence-electron chi connectivity index (χ0n) is 13.8. The van der Waals surface area contributed by atoms with Crippen LogP contribution >= 0.6 is 0 Å². The topological polar surface area (TPSA) is 3.24 Å². The lowest BCUT2D eigenvalue weighted by Crippen LogP contribution is -2.52. The summed E-state index contributed by atoms with van der Waals surface area (Å²) in [7, 11) is 0. The van der Waals surface area contributed by atoms with E-state index in [0.717, 1.165) is 35.5 Å². The van der Waals surface area contributed by atoms with Gasteiger partial charge in [0.05, 0.1) is 0 Å². The van der Waals surface area contributed by atoms with Gasteiger partial charge in [0.15, 0.2) is 0 Å². The maximum Gasteiger partial charge on any atom is 0.0125 e. The molecule has 0 aromatic carbocycles. The molecule has 20 heavy (non-hydrogen) atoms. The van der Waals surface area contributed by atoms with Crippen LogP contribution in [0.4, 0.5) is 0 Å². The SMILES string of the molecule is CC(C)(C)N1CCC(C2C3CC4CC(C3)CC2C4)CC1. The number of piperidine rings is 1. The monoisotopic (exact) mass is 275 g/mol. The predicted octanol–water partition coefficient (Wildman–Crippen LogP) is 4.57. The number of nitrogens with zero attached hydrogens (tertiary/aromatic N) is 1. The fourth-order valence-electron chi connectivity index (χ4n) is 6.69. The molecule has 1 heterocycles. The minimum atomic E-state index is 0.384. The van der Waals surface area contributed by atoms with Crippen molar-refractivity contribution in [3.05, 3.63) is 0 Å². The molecule has 1 nitrogen and oxygen atoms in total. The highest BCUT2D eigenvalue weighted by molar-refractivity contribution is 5.01. The molecule has 0 atom stereocenters. The van der Waals surface area contributed by atoms with Crippen LogP contribution in [0.1, 0.15) is 65.7 Å². The predicted molar refractivity (Wildman–Crippen MR) is 84.6 cm³/mol. The van der Waals surface area contributed by atoms with E-state index in [1.54, 1.807) is 32.1 Å². The first kappa shape index (κ1) is 13.6. The third kappa shape index (κ3) is 2.25. The van der Waals surface area contributed by atoms with Crippen molar-refractivity contribution in [2.75, 3.05) is 13.1 Å². The third-order valence-corrected chi connectivity index (χ3v) is 7.33. The van der Waals surface area contributed by atoms with Gasteiger partial charge in [0.25, 0.3) is 0 Å². The summed E-state index contributed by atoms with van der Waals surface area (Å²) in [5.74, 6) is 6.76. The van der Waals surface area contributed by atoms with E-state index in [-0.39, 0.29) is 0 Å². The molecule has 0 radical (unpaired) electrons. The summed E-state index contributed by atoms with van der Waals surface area (Å²) in [6, 6.07) is 0. The van der Waals surface area contributed by atoms with Crippen LogP contribution in [-0.4, -0.2) is 23.5 Å². The number of hydrogen-bond acceptors (Lipinski definition) is 1. The summed E-state index contributed by atoms with van der Waals surface area (Å²) < 4.78 is 0. The zero-order valence-corrected chi connectivity index (χ0v) is 13.8. The van der Waals surface area contributed by atoms with Crippen LogP contribution < -0.4 is 0 Å². The molecule has 0 amide bonds. The Kier molecular flexibility index (Phi) is 3.22. The smallest absolute Gasteiger partial charge is 0.0125 e. The summed E-state index contributed by atoms with van der Waals surface area (Å²) in [5, 5.41) is 0. The minimum absolute atomic E-state index is 0.384. The molecular formula is C19H33N. The molecule has 0 N–H and O–H groups in total. The van der Waals surface area contributed by atoms with Crippen LogP contribution in [0.5, 0.6) is 0 Å². The summed E-state index contributed by atoms with van der Waals surface area (Å²) in [6.45, 7) is 9.87. The standard InChI is InChI=1S/C19H33N/c1-19(2,3)20-6-4-15(5-7-20)18-16-9-13-8-14(11-16)12-17(18)10-13/h13-18H,4-12H2,1-3H3. The van der Waals surface area contributed by atoms with Gasteiger partial charge in [-0.2, -0.15) is 0 Å². The maximum atomic E-state index is 2.72. The van der Waals surface area contributed by atoms with Crippen molar-refractivity contribution in [1.29, 1.82) is 0 Å². The van der Waals surface area contributed by atoms with Gasteiger partial charge in [0.2, 0.25) is 0 Å². The highest BCUT2D eigenvalue weighted by Gasteiger charge is 2.50. The molecule has 0 unspecified atom stereocenters. The van der Waals surface area contributed by atoms with Gasteiger partial charge in [-0.1, -0.05) is 0 Å². The van der Waals surface area contributed by atoms with Crippen LogP contribution in [-0.2, 0) is 0 Å². The van der Waals surface area contributed by atoms with E-state index >= 15 is 0 Å². The fraction of sp³-hybridized carbons (Fsp3) is 1.00. The first-order chi connectivity index (χ1) is 9.50. The van der Waals surface area contributed by atoms with E-state index < -0.39 is 0 Å². The largest absolute Gasteiger partial charge is 0.298 e. The minimum Gasteiger partial charge on any atom is -0.298 e. The Morgan fingerprint density at radius 3 is 1.65 bits per heavy atom. The number of rotatable bonds is 1. The van der Waals surface area contributed by atoms with Crippen molar-refractivity contribution < 1.29 is 0 Å². The molecule has 0 spiro atoms. The molecule has 1 saturated heterocycles.